The molecule has 0 aliphatic heterocycles. The molecule has 0 radical (unpaired) electrons. The average Bonchev–Trinajstić information content (AvgIpc) is 2.37. The summed E-state index contributed by atoms with van der Waals surface area (Å²) in [5, 5.41) is 11.4. The summed E-state index contributed by atoms with van der Waals surface area (Å²) in [6, 6.07) is 7.56. The molecular formula is C15H19NO3. The van der Waals surface area contributed by atoms with Crippen LogP contribution < -0.4 is 5.32 Å². The van der Waals surface area contributed by atoms with Crippen molar-refractivity contribution in [3.63, 3.8) is 0 Å². The highest BCUT2D eigenvalue weighted by Crippen LogP contribution is 2.07. The molecule has 4 heteroatoms. The van der Waals surface area contributed by atoms with Gasteiger partial charge in [-0.3, -0.25) is 0 Å². The molecule has 0 spiro atoms. The molecule has 2 N–H and O–H groups in total. The van der Waals surface area contributed by atoms with E-state index in [-0.39, 0.29) is 12.7 Å². The number of carbonyl (C=O) groups excluding carboxylic acids is 1. The van der Waals surface area contributed by atoms with Crippen molar-refractivity contribution in [2.75, 3.05) is 6.61 Å². The minimum Gasteiger partial charge on any atom is -0.447 e. The number of rotatable bonds is 4. The molecule has 0 saturated carbocycles. The Hall–Kier alpha value is -1.99. The average molecular weight is 261 g/mol. The molecule has 1 aromatic rings. The molecule has 19 heavy (non-hydrogen) atoms. The fourth-order valence-electron chi connectivity index (χ4n) is 1.43. The Labute approximate surface area is 113 Å². The van der Waals surface area contributed by atoms with E-state index < -0.39 is 6.09 Å². The number of aliphatic hydroxyl groups is 1. The van der Waals surface area contributed by atoms with Gasteiger partial charge in [-0.15, -0.1) is 0 Å². The van der Waals surface area contributed by atoms with Crippen LogP contribution in [0.4, 0.5) is 4.79 Å². The molecule has 0 aliphatic carbocycles. The van der Waals surface area contributed by atoms with Gasteiger partial charge in [-0.05, 0) is 25.5 Å². The van der Waals surface area contributed by atoms with Crippen molar-refractivity contribution in [2.45, 2.75) is 32.9 Å². The molecular weight excluding hydrogens is 242 g/mol. The van der Waals surface area contributed by atoms with Crippen LogP contribution in [-0.2, 0) is 11.3 Å². The standard InChI is InChI=1S/C15H19NO3/c1-12(2)19-15(18)16-11-14-9-4-3-7-13(14)8-5-6-10-17/h3-4,7,9,12,17H,6,10-11H2,1-2H3,(H,16,18). The van der Waals surface area contributed by atoms with E-state index in [1.54, 1.807) is 13.8 Å². The number of benzene rings is 1. The highest BCUT2D eigenvalue weighted by molar-refractivity contribution is 5.67. The summed E-state index contributed by atoms with van der Waals surface area (Å²) >= 11 is 0. The lowest BCUT2D eigenvalue weighted by Gasteiger charge is -2.10. The van der Waals surface area contributed by atoms with Gasteiger partial charge in [0.15, 0.2) is 0 Å². The quantitative estimate of drug-likeness (QED) is 0.816. The van der Waals surface area contributed by atoms with Crippen molar-refractivity contribution in [3.8, 4) is 11.8 Å². The summed E-state index contributed by atoms with van der Waals surface area (Å²) in [6.45, 7) is 4.02. The Balaban J connectivity index is 2.63. The Bertz CT molecular complexity index is 472. The molecule has 0 heterocycles. The van der Waals surface area contributed by atoms with Crippen molar-refractivity contribution < 1.29 is 14.6 Å². The van der Waals surface area contributed by atoms with E-state index in [0.717, 1.165) is 11.1 Å². The number of aliphatic hydroxyl groups excluding tert-OH is 1. The number of hydrogen-bond acceptors (Lipinski definition) is 3. The van der Waals surface area contributed by atoms with Crippen LogP contribution in [0.15, 0.2) is 24.3 Å². The zero-order valence-corrected chi connectivity index (χ0v) is 11.3. The van der Waals surface area contributed by atoms with Gasteiger partial charge in [-0.1, -0.05) is 30.0 Å². The second kappa shape index (κ2) is 8.17. The molecule has 1 rings (SSSR count). The first-order chi connectivity index (χ1) is 9.13. The van der Waals surface area contributed by atoms with Crippen LogP contribution in [0.5, 0.6) is 0 Å². The van der Waals surface area contributed by atoms with Crippen LogP contribution in [0.2, 0.25) is 0 Å². The molecule has 0 fully saturated rings. The summed E-state index contributed by atoms with van der Waals surface area (Å²) in [5.41, 5.74) is 1.77. The van der Waals surface area contributed by atoms with Crippen molar-refractivity contribution in [3.05, 3.63) is 35.4 Å². The lowest BCUT2D eigenvalue weighted by atomic mass is 10.1. The number of ether oxygens (including phenoxy) is 1. The molecule has 4 nitrogen and oxygen atoms in total. The molecule has 0 aromatic heterocycles. The van der Waals surface area contributed by atoms with Gasteiger partial charge in [0.25, 0.3) is 0 Å². The van der Waals surface area contributed by atoms with Crippen LogP contribution in [0, 0.1) is 11.8 Å². The normalized spacial score (nSPS) is 9.68. The summed E-state index contributed by atoms with van der Waals surface area (Å²) in [6.07, 6.45) is -0.135. The second-order valence-corrected chi connectivity index (χ2v) is 4.24. The minimum absolute atomic E-state index is 0.0497. The van der Waals surface area contributed by atoms with E-state index in [1.807, 2.05) is 24.3 Å². The first-order valence-electron chi connectivity index (χ1n) is 6.25. The summed E-state index contributed by atoms with van der Waals surface area (Å²) < 4.78 is 4.99. The van der Waals surface area contributed by atoms with Gasteiger partial charge in [0.2, 0.25) is 0 Å². The van der Waals surface area contributed by atoms with Crippen molar-refractivity contribution >= 4 is 6.09 Å². The van der Waals surface area contributed by atoms with Crippen molar-refractivity contribution in [1.29, 1.82) is 0 Å². The van der Waals surface area contributed by atoms with Crippen LogP contribution in [0.1, 0.15) is 31.4 Å². The third-order valence-electron chi connectivity index (χ3n) is 2.24. The van der Waals surface area contributed by atoms with E-state index in [0.29, 0.717) is 13.0 Å². The van der Waals surface area contributed by atoms with Crippen LogP contribution >= 0.6 is 0 Å². The van der Waals surface area contributed by atoms with E-state index in [2.05, 4.69) is 17.2 Å². The highest BCUT2D eigenvalue weighted by atomic mass is 16.6. The Morgan fingerprint density at radius 2 is 2.16 bits per heavy atom. The third-order valence-corrected chi connectivity index (χ3v) is 2.24. The van der Waals surface area contributed by atoms with Gasteiger partial charge in [-0.2, -0.15) is 0 Å². The number of hydrogen-bond donors (Lipinski definition) is 2. The van der Waals surface area contributed by atoms with Crippen LogP contribution in [-0.4, -0.2) is 23.9 Å². The summed E-state index contributed by atoms with van der Waals surface area (Å²) in [4.78, 5) is 11.4. The predicted octanol–water partition coefficient (Wildman–Crippen LogP) is 2.06. The van der Waals surface area contributed by atoms with E-state index in [9.17, 15) is 4.79 Å². The monoisotopic (exact) mass is 261 g/mol. The highest BCUT2D eigenvalue weighted by Gasteiger charge is 2.05. The third kappa shape index (κ3) is 5.94. The smallest absolute Gasteiger partial charge is 0.407 e. The summed E-state index contributed by atoms with van der Waals surface area (Å²) in [5.74, 6) is 5.84. The van der Waals surface area contributed by atoms with Crippen LogP contribution in [0.3, 0.4) is 0 Å². The SMILES string of the molecule is CC(C)OC(=O)NCc1ccccc1C#CCCO. The molecule has 1 aromatic carbocycles. The first kappa shape index (κ1) is 15.1. The zero-order valence-electron chi connectivity index (χ0n) is 11.3. The molecule has 0 atom stereocenters. The summed E-state index contributed by atoms with van der Waals surface area (Å²) in [7, 11) is 0. The van der Waals surface area contributed by atoms with Gasteiger partial charge >= 0.3 is 6.09 Å². The molecule has 0 aliphatic rings. The van der Waals surface area contributed by atoms with E-state index in [4.69, 9.17) is 9.84 Å². The minimum atomic E-state index is -0.437. The number of nitrogens with one attached hydrogen (secondary N) is 1. The Morgan fingerprint density at radius 3 is 2.84 bits per heavy atom. The predicted molar refractivity (Wildman–Crippen MR) is 73.5 cm³/mol. The van der Waals surface area contributed by atoms with Crippen molar-refractivity contribution in [1.82, 2.24) is 5.32 Å². The Kier molecular flexibility index (Phi) is 6.48. The van der Waals surface area contributed by atoms with Crippen molar-refractivity contribution in [2.24, 2.45) is 0 Å². The first-order valence-corrected chi connectivity index (χ1v) is 6.25. The van der Waals surface area contributed by atoms with E-state index in [1.165, 1.54) is 0 Å². The fraction of sp³-hybridized carbons (Fsp3) is 0.400. The molecule has 102 valence electrons. The lowest BCUT2D eigenvalue weighted by Crippen LogP contribution is -2.26. The largest absolute Gasteiger partial charge is 0.447 e. The van der Waals surface area contributed by atoms with Gasteiger partial charge < -0.3 is 15.2 Å². The van der Waals surface area contributed by atoms with Crippen LogP contribution in [0.25, 0.3) is 0 Å². The number of amides is 1. The lowest BCUT2D eigenvalue weighted by molar-refractivity contribution is 0.115. The second-order valence-electron chi connectivity index (χ2n) is 4.24. The molecule has 1 amide bonds. The van der Waals surface area contributed by atoms with Gasteiger partial charge in [-0.25, -0.2) is 4.79 Å². The molecule has 0 unspecified atom stereocenters. The molecule has 0 saturated heterocycles. The maximum atomic E-state index is 11.4. The van der Waals surface area contributed by atoms with Gasteiger partial charge in [0.05, 0.1) is 12.7 Å². The Morgan fingerprint density at radius 1 is 1.42 bits per heavy atom. The fourth-order valence-corrected chi connectivity index (χ4v) is 1.43. The maximum Gasteiger partial charge on any atom is 0.407 e. The van der Waals surface area contributed by atoms with Gasteiger partial charge in [0.1, 0.15) is 0 Å². The molecule has 0 bridgehead atoms. The zero-order chi connectivity index (χ0) is 14.1. The maximum absolute atomic E-state index is 11.4. The number of alkyl carbamates (subject to hydrolysis) is 1. The van der Waals surface area contributed by atoms with Gasteiger partial charge in [0, 0.05) is 18.5 Å². The van der Waals surface area contributed by atoms with E-state index >= 15 is 0 Å². The topological polar surface area (TPSA) is 58.6 Å². The number of carbonyl (C=O) groups is 1.